The summed E-state index contributed by atoms with van der Waals surface area (Å²) in [6.07, 6.45) is 0.507. The lowest BCUT2D eigenvalue weighted by atomic mass is 10.0. The highest BCUT2D eigenvalue weighted by atomic mass is 19.4. The van der Waals surface area contributed by atoms with Crippen LogP contribution in [0.2, 0.25) is 0 Å². The molecule has 0 radical (unpaired) electrons. The maximum Gasteiger partial charge on any atom is 0.416 e. The number of nitrogens with zero attached hydrogens (tertiary/aromatic N) is 2. The van der Waals surface area contributed by atoms with Gasteiger partial charge in [-0.2, -0.15) is 18.4 Å². The Morgan fingerprint density at radius 3 is 2.50 bits per heavy atom. The Morgan fingerprint density at radius 1 is 1.13 bits per heavy atom. The normalized spacial score (nSPS) is 14.9. The molecule has 0 saturated carbocycles. The molecule has 0 unspecified atom stereocenters. The Hall–Kier alpha value is -3.27. The second-order valence-corrected chi connectivity index (χ2v) is 7.29. The maximum atomic E-state index is 12.8. The van der Waals surface area contributed by atoms with Gasteiger partial charge in [-0.3, -0.25) is 4.79 Å². The zero-order valence-corrected chi connectivity index (χ0v) is 16.6. The summed E-state index contributed by atoms with van der Waals surface area (Å²) < 4.78 is 38.5. The second-order valence-electron chi connectivity index (χ2n) is 7.29. The van der Waals surface area contributed by atoms with Crippen LogP contribution < -0.4 is 10.2 Å². The molecule has 0 aliphatic carbocycles. The highest BCUT2D eigenvalue weighted by molar-refractivity contribution is 6.09. The molecular formula is C23H22F3N3O. The average molecular weight is 413 g/mol. The van der Waals surface area contributed by atoms with Gasteiger partial charge in [-0.15, -0.1) is 0 Å². The van der Waals surface area contributed by atoms with Crippen molar-refractivity contribution in [3.8, 4) is 6.07 Å². The number of nitrogens with one attached hydrogen (secondary N) is 1. The topological polar surface area (TPSA) is 56.1 Å². The van der Waals surface area contributed by atoms with Gasteiger partial charge >= 0.3 is 6.18 Å². The number of halogens is 3. The molecule has 1 fully saturated rings. The van der Waals surface area contributed by atoms with E-state index in [0.717, 1.165) is 49.3 Å². The standard InChI is InChI=1S/C23H22F3N3O/c1-16-12-21(29-10-3-2-4-11-29)9-8-17(16)13-18(15-27)22(30)28-20-7-5-6-19(14-20)23(24,25)26/h5-9,12-14H,2-4,10-11H2,1H3,(H,28,30)/b18-13-. The smallest absolute Gasteiger partial charge is 0.372 e. The van der Waals surface area contributed by atoms with E-state index in [1.165, 1.54) is 24.6 Å². The van der Waals surface area contributed by atoms with Crippen LogP contribution in [0.25, 0.3) is 6.08 Å². The van der Waals surface area contributed by atoms with E-state index in [-0.39, 0.29) is 11.3 Å². The molecule has 156 valence electrons. The van der Waals surface area contributed by atoms with E-state index in [1.807, 2.05) is 31.2 Å². The number of carbonyl (C=O) groups is 1. The Bertz CT molecular complexity index is 999. The van der Waals surface area contributed by atoms with Gasteiger partial charge in [-0.05, 0) is 73.7 Å². The molecular weight excluding hydrogens is 391 g/mol. The van der Waals surface area contributed by atoms with Crippen LogP contribution in [0.4, 0.5) is 24.5 Å². The van der Waals surface area contributed by atoms with E-state index >= 15 is 0 Å². The van der Waals surface area contributed by atoms with Crippen molar-refractivity contribution < 1.29 is 18.0 Å². The summed E-state index contributed by atoms with van der Waals surface area (Å²) in [4.78, 5) is 14.8. The predicted octanol–water partition coefficient (Wildman–Crippen LogP) is 5.55. The minimum absolute atomic E-state index is 0.0202. The van der Waals surface area contributed by atoms with Gasteiger partial charge in [-0.1, -0.05) is 12.1 Å². The van der Waals surface area contributed by atoms with Crippen molar-refractivity contribution in [3.63, 3.8) is 0 Å². The van der Waals surface area contributed by atoms with Crippen LogP contribution in [0.5, 0.6) is 0 Å². The summed E-state index contributed by atoms with van der Waals surface area (Å²) in [5.41, 5.74) is 1.67. The van der Waals surface area contributed by atoms with Crippen LogP contribution in [0.3, 0.4) is 0 Å². The summed E-state index contributed by atoms with van der Waals surface area (Å²) in [5.74, 6) is -0.753. The first-order chi connectivity index (χ1) is 14.3. The number of anilines is 2. The molecule has 1 saturated heterocycles. The van der Waals surface area contributed by atoms with Gasteiger partial charge in [-0.25, -0.2) is 0 Å². The fourth-order valence-corrected chi connectivity index (χ4v) is 3.45. The van der Waals surface area contributed by atoms with Crippen molar-refractivity contribution in [1.29, 1.82) is 5.26 Å². The van der Waals surface area contributed by atoms with E-state index in [9.17, 15) is 23.2 Å². The number of piperidine rings is 1. The summed E-state index contributed by atoms with van der Waals surface area (Å²) in [7, 11) is 0. The highest BCUT2D eigenvalue weighted by Crippen LogP contribution is 2.31. The van der Waals surface area contributed by atoms with Gasteiger partial charge in [0.2, 0.25) is 0 Å². The predicted molar refractivity (Wildman–Crippen MR) is 111 cm³/mol. The first-order valence-corrected chi connectivity index (χ1v) is 9.74. The lowest BCUT2D eigenvalue weighted by molar-refractivity contribution is -0.137. The second kappa shape index (κ2) is 9.04. The molecule has 0 aromatic heterocycles. The summed E-state index contributed by atoms with van der Waals surface area (Å²) >= 11 is 0. The Morgan fingerprint density at radius 2 is 1.87 bits per heavy atom. The summed E-state index contributed by atoms with van der Waals surface area (Å²) in [6, 6.07) is 12.0. The van der Waals surface area contributed by atoms with Crippen LogP contribution in [0, 0.1) is 18.3 Å². The molecule has 1 N–H and O–H groups in total. The van der Waals surface area contributed by atoms with Gasteiger partial charge in [0.15, 0.2) is 0 Å². The van der Waals surface area contributed by atoms with Crippen LogP contribution in [0.1, 0.15) is 36.0 Å². The minimum atomic E-state index is -4.51. The zero-order chi connectivity index (χ0) is 21.7. The van der Waals surface area contributed by atoms with Crippen molar-refractivity contribution >= 4 is 23.4 Å². The number of nitriles is 1. The van der Waals surface area contributed by atoms with Crippen molar-refractivity contribution in [3.05, 3.63) is 64.7 Å². The monoisotopic (exact) mass is 413 g/mol. The number of aryl methyl sites for hydroxylation is 1. The van der Waals surface area contributed by atoms with Gasteiger partial charge in [0.25, 0.3) is 5.91 Å². The van der Waals surface area contributed by atoms with E-state index in [2.05, 4.69) is 10.2 Å². The molecule has 1 amide bonds. The average Bonchev–Trinajstić information content (AvgIpc) is 2.73. The number of alkyl halides is 3. The number of hydrogen-bond donors (Lipinski definition) is 1. The number of amides is 1. The van der Waals surface area contributed by atoms with E-state index in [0.29, 0.717) is 5.56 Å². The van der Waals surface area contributed by atoms with Crippen molar-refractivity contribution in [2.75, 3.05) is 23.3 Å². The Labute approximate surface area is 173 Å². The molecule has 1 heterocycles. The molecule has 0 atom stereocenters. The molecule has 4 nitrogen and oxygen atoms in total. The van der Waals surface area contributed by atoms with Crippen molar-refractivity contribution in [1.82, 2.24) is 0 Å². The molecule has 1 aliphatic heterocycles. The molecule has 2 aromatic rings. The molecule has 3 rings (SSSR count). The number of carbonyl (C=O) groups excluding carboxylic acids is 1. The summed E-state index contributed by atoms with van der Waals surface area (Å²) in [6.45, 7) is 3.92. The third-order valence-corrected chi connectivity index (χ3v) is 5.09. The Balaban J connectivity index is 1.78. The molecule has 1 aliphatic rings. The van der Waals surface area contributed by atoms with Crippen LogP contribution in [-0.4, -0.2) is 19.0 Å². The lowest BCUT2D eigenvalue weighted by Gasteiger charge is -2.29. The van der Waals surface area contributed by atoms with Gasteiger partial charge in [0.1, 0.15) is 11.6 Å². The first kappa shape index (κ1) is 21.4. The lowest BCUT2D eigenvalue weighted by Crippen LogP contribution is -2.29. The van der Waals surface area contributed by atoms with Gasteiger partial charge in [0, 0.05) is 24.5 Å². The molecule has 0 spiro atoms. The maximum absolute atomic E-state index is 12.8. The number of rotatable bonds is 4. The highest BCUT2D eigenvalue weighted by Gasteiger charge is 2.30. The largest absolute Gasteiger partial charge is 0.416 e. The minimum Gasteiger partial charge on any atom is -0.372 e. The van der Waals surface area contributed by atoms with E-state index < -0.39 is 17.6 Å². The van der Waals surface area contributed by atoms with Crippen LogP contribution in [-0.2, 0) is 11.0 Å². The number of benzene rings is 2. The van der Waals surface area contributed by atoms with Gasteiger partial charge in [0.05, 0.1) is 5.56 Å². The SMILES string of the molecule is Cc1cc(N2CCCCC2)ccc1/C=C(/C#N)C(=O)Nc1cccc(C(F)(F)F)c1. The number of hydrogen-bond acceptors (Lipinski definition) is 3. The molecule has 0 bridgehead atoms. The fraction of sp³-hybridized carbons (Fsp3) is 0.304. The van der Waals surface area contributed by atoms with E-state index in [4.69, 9.17) is 0 Å². The third kappa shape index (κ3) is 5.20. The van der Waals surface area contributed by atoms with Crippen molar-refractivity contribution in [2.24, 2.45) is 0 Å². The Kier molecular flexibility index (Phi) is 6.46. The van der Waals surface area contributed by atoms with E-state index in [1.54, 1.807) is 0 Å². The summed E-state index contributed by atoms with van der Waals surface area (Å²) in [5, 5.41) is 11.8. The van der Waals surface area contributed by atoms with Crippen molar-refractivity contribution in [2.45, 2.75) is 32.4 Å². The zero-order valence-electron chi connectivity index (χ0n) is 16.6. The van der Waals surface area contributed by atoms with Crippen LogP contribution >= 0.6 is 0 Å². The molecule has 2 aromatic carbocycles. The van der Waals surface area contributed by atoms with Crippen LogP contribution in [0.15, 0.2) is 48.0 Å². The molecule has 7 heteroatoms. The third-order valence-electron chi connectivity index (χ3n) is 5.09. The fourth-order valence-electron chi connectivity index (χ4n) is 3.45. The quantitative estimate of drug-likeness (QED) is 0.528. The van der Waals surface area contributed by atoms with Gasteiger partial charge < -0.3 is 10.2 Å². The molecule has 30 heavy (non-hydrogen) atoms. The first-order valence-electron chi connectivity index (χ1n) is 9.74.